The first-order chi connectivity index (χ1) is 14.9. The lowest BCUT2D eigenvalue weighted by Crippen LogP contribution is -2.30. The van der Waals surface area contributed by atoms with Crippen LogP contribution >= 0.6 is 0 Å². The highest BCUT2D eigenvalue weighted by Crippen LogP contribution is 2.57. The van der Waals surface area contributed by atoms with E-state index in [-0.39, 0.29) is 29.3 Å². The Labute approximate surface area is 183 Å². The van der Waals surface area contributed by atoms with E-state index in [1.54, 1.807) is 32.9 Å². The van der Waals surface area contributed by atoms with Gasteiger partial charge in [-0.25, -0.2) is 13.4 Å². The molecule has 3 aliphatic rings. The molecule has 1 aromatic carbocycles. The SMILES string of the molecule is Cc1cc(-c2cc(S(=O)(=O)C(C)C)ccc2OCC2(C(F)(F)F)CC2)c2ccnc-2n1O. The fraction of sp³-hybridized carbons (Fsp3) is 0.409. The Balaban J connectivity index is 1.86. The van der Waals surface area contributed by atoms with Crippen molar-refractivity contribution in [3.63, 3.8) is 0 Å². The van der Waals surface area contributed by atoms with Gasteiger partial charge in [0.25, 0.3) is 0 Å². The molecule has 1 saturated carbocycles. The minimum absolute atomic E-state index is 0.00236. The largest absolute Gasteiger partial charge is 0.492 e. The molecule has 0 amide bonds. The lowest BCUT2D eigenvalue weighted by molar-refractivity contribution is -0.194. The Morgan fingerprint density at radius 1 is 1.16 bits per heavy atom. The summed E-state index contributed by atoms with van der Waals surface area (Å²) in [6.45, 7) is 4.20. The zero-order valence-electron chi connectivity index (χ0n) is 17.8. The first kappa shape index (κ1) is 22.4. The number of aromatic nitrogens is 2. The summed E-state index contributed by atoms with van der Waals surface area (Å²) < 4.78 is 72.3. The third-order valence-electron chi connectivity index (χ3n) is 6.01. The molecule has 1 aromatic rings. The molecule has 172 valence electrons. The van der Waals surface area contributed by atoms with Gasteiger partial charge in [0, 0.05) is 17.3 Å². The van der Waals surface area contributed by atoms with E-state index in [1.165, 1.54) is 24.4 Å². The molecule has 10 heteroatoms. The van der Waals surface area contributed by atoms with Crippen molar-refractivity contribution in [1.29, 1.82) is 0 Å². The maximum Gasteiger partial charge on any atom is 0.397 e. The van der Waals surface area contributed by atoms with Crippen molar-refractivity contribution in [3.05, 3.63) is 42.2 Å². The number of alkyl halides is 3. The van der Waals surface area contributed by atoms with Gasteiger partial charge < -0.3 is 9.94 Å². The van der Waals surface area contributed by atoms with Crippen LogP contribution in [0.1, 0.15) is 32.4 Å². The predicted molar refractivity (Wildman–Crippen MR) is 112 cm³/mol. The van der Waals surface area contributed by atoms with Gasteiger partial charge in [-0.05, 0) is 69.5 Å². The van der Waals surface area contributed by atoms with E-state index in [0.717, 1.165) is 4.73 Å². The highest BCUT2D eigenvalue weighted by atomic mass is 32.2. The predicted octanol–water partition coefficient (Wildman–Crippen LogP) is 5.10. The molecule has 4 rings (SSSR count). The fourth-order valence-electron chi connectivity index (χ4n) is 3.61. The van der Waals surface area contributed by atoms with Gasteiger partial charge in [-0.1, -0.05) is 0 Å². The van der Waals surface area contributed by atoms with Crippen molar-refractivity contribution in [1.82, 2.24) is 9.71 Å². The Morgan fingerprint density at radius 3 is 2.44 bits per heavy atom. The van der Waals surface area contributed by atoms with Crippen LogP contribution in [0.5, 0.6) is 5.75 Å². The smallest absolute Gasteiger partial charge is 0.397 e. The van der Waals surface area contributed by atoms with Gasteiger partial charge in [0.2, 0.25) is 0 Å². The van der Waals surface area contributed by atoms with Crippen molar-refractivity contribution >= 4 is 9.84 Å². The number of fused-ring (bicyclic) bond motifs is 1. The van der Waals surface area contributed by atoms with Gasteiger partial charge in [-0.3, -0.25) is 0 Å². The van der Waals surface area contributed by atoms with Gasteiger partial charge in [0.05, 0.1) is 15.8 Å². The summed E-state index contributed by atoms with van der Waals surface area (Å²) in [5.74, 6) is 0.387. The molecule has 0 unspecified atom stereocenters. The van der Waals surface area contributed by atoms with E-state index in [9.17, 15) is 26.8 Å². The van der Waals surface area contributed by atoms with Crippen molar-refractivity contribution in [2.45, 2.75) is 49.9 Å². The van der Waals surface area contributed by atoms with E-state index in [2.05, 4.69) is 4.98 Å². The standard InChI is InChI=1S/C22H23F3N2O4S/c1-13(2)32(29,30)15-4-5-19(31-12-21(7-8-21)22(23,24)25)18(11-15)17-10-14(3)27(28)20-16(17)6-9-26-20/h4-6,9-11,13,28H,7-8,12H2,1-3H3. The number of benzene rings is 1. The van der Waals surface area contributed by atoms with Crippen LogP contribution in [0.4, 0.5) is 13.2 Å². The first-order valence-corrected chi connectivity index (χ1v) is 11.7. The summed E-state index contributed by atoms with van der Waals surface area (Å²) in [6, 6.07) is 7.43. The van der Waals surface area contributed by atoms with Crippen molar-refractivity contribution in [2.75, 3.05) is 6.61 Å². The van der Waals surface area contributed by atoms with Crippen molar-refractivity contribution in [2.24, 2.45) is 5.41 Å². The van der Waals surface area contributed by atoms with Crippen LogP contribution < -0.4 is 4.74 Å². The molecule has 1 fully saturated rings. The zero-order chi connectivity index (χ0) is 23.5. The van der Waals surface area contributed by atoms with Gasteiger partial charge in [-0.15, -0.1) is 0 Å². The van der Waals surface area contributed by atoms with E-state index >= 15 is 0 Å². The van der Waals surface area contributed by atoms with Crippen molar-refractivity contribution < 1.29 is 31.5 Å². The Kier molecular flexibility index (Phi) is 5.19. The van der Waals surface area contributed by atoms with Gasteiger partial charge in [0.1, 0.15) is 17.8 Å². The quantitative estimate of drug-likeness (QED) is 0.509. The molecule has 1 aliphatic carbocycles. The number of halogens is 3. The number of nitrogens with zero attached hydrogens (tertiary/aromatic N) is 2. The maximum absolute atomic E-state index is 13.4. The van der Waals surface area contributed by atoms with E-state index in [0.29, 0.717) is 22.4 Å². The van der Waals surface area contributed by atoms with E-state index in [4.69, 9.17) is 4.74 Å². The number of hydrogen-bond donors (Lipinski definition) is 1. The van der Waals surface area contributed by atoms with Crippen LogP contribution in [-0.2, 0) is 9.84 Å². The highest BCUT2D eigenvalue weighted by molar-refractivity contribution is 7.92. The van der Waals surface area contributed by atoms with Gasteiger partial charge >= 0.3 is 6.18 Å². The van der Waals surface area contributed by atoms with Gasteiger partial charge in [0.15, 0.2) is 15.7 Å². The molecule has 0 saturated heterocycles. The van der Waals surface area contributed by atoms with Crippen molar-refractivity contribution in [3.8, 4) is 28.3 Å². The lowest BCUT2D eigenvalue weighted by Gasteiger charge is -2.22. The van der Waals surface area contributed by atoms with Crippen LogP contribution in [0.3, 0.4) is 0 Å². The summed E-state index contributed by atoms with van der Waals surface area (Å²) in [7, 11) is -3.64. The number of sulfone groups is 1. The summed E-state index contributed by atoms with van der Waals surface area (Å²) in [5.41, 5.74) is -0.105. The molecular weight excluding hydrogens is 445 g/mol. The zero-order valence-corrected chi connectivity index (χ0v) is 18.6. The van der Waals surface area contributed by atoms with Crippen LogP contribution in [0.2, 0.25) is 0 Å². The number of pyridine rings is 1. The van der Waals surface area contributed by atoms with E-state index in [1.807, 2.05) is 0 Å². The molecule has 0 aromatic heterocycles. The summed E-state index contributed by atoms with van der Waals surface area (Å²) in [6.07, 6.45) is -2.89. The Bertz CT molecular complexity index is 1240. The number of hydrogen-bond acceptors (Lipinski definition) is 5. The molecule has 1 N–H and O–H groups in total. The second-order valence-electron chi connectivity index (χ2n) is 8.51. The summed E-state index contributed by atoms with van der Waals surface area (Å²) in [4.78, 5) is 4.17. The Hall–Kier alpha value is -2.75. The van der Waals surface area contributed by atoms with E-state index < -0.39 is 33.3 Å². The second-order valence-corrected chi connectivity index (χ2v) is 11.0. The van der Waals surface area contributed by atoms with Crippen LogP contribution in [0, 0.1) is 12.3 Å². The summed E-state index contributed by atoms with van der Waals surface area (Å²) >= 11 is 0. The first-order valence-electron chi connectivity index (χ1n) is 10.1. The van der Waals surface area contributed by atoms with Crippen LogP contribution in [0.25, 0.3) is 22.5 Å². The molecule has 0 spiro atoms. The maximum atomic E-state index is 13.4. The monoisotopic (exact) mass is 468 g/mol. The van der Waals surface area contributed by atoms with Crippen LogP contribution in [0.15, 0.2) is 41.4 Å². The normalized spacial score (nSPS) is 16.0. The molecular formula is C22H23F3N2O4S. The lowest BCUT2D eigenvalue weighted by atomic mass is 9.98. The summed E-state index contributed by atoms with van der Waals surface area (Å²) in [5, 5.41) is 9.57. The Morgan fingerprint density at radius 2 is 1.84 bits per heavy atom. The molecule has 0 bridgehead atoms. The minimum Gasteiger partial charge on any atom is -0.492 e. The second kappa shape index (κ2) is 7.40. The molecule has 32 heavy (non-hydrogen) atoms. The number of aryl methyl sites for hydroxylation is 1. The molecule has 0 atom stereocenters. The third kappa shape index (κ3) is 3.60. The molecule has 6 nitrogen and oxygen atoms in total. The average Bonchev–Trinajstić information content (AvgIpc) is 3.37. The molecule has 2 aliphatic heterocycles. The fourth-order valence-corrected chi connectivity index (χ4v) is 4.70. The molecule has 2 heterocycles. The average molecular weight is 468 g/mol. The topological polar surface area (TPSA) is 81.4 Å². The highest BCUT2D eigenvalue weighted by Gasteiger charge is 2.63. The molecule has 0 radical (unpaired) electrons. The van der Waals surface area contributed by atoms with Crippen LogP contribution in [-0.4, -0.2) is 41.4 Å². The van der Waals surface area contributed by atoms with Gasteiger partial charge in [-0.2, -0.15) is 17.9 Å². The number of ether oxygens (including phenoxy) is 1. The number of rotatable bonds is 6. The third-order valence-corrected chi connectivity index (χ3v) is 8.16. The minimum atomic E-state index is -4.37.